The first-order valence-electron chi connectivity index (χ1n) is 11.9. The van der Waals surface area contributed by atoms with Crippen molar-refractivity contribution in [2.75, 3.05) is 26.2 Å². The van der Waals surface area contributed by atoms with Gasteiger partial charge in [0.2, 0.25) is 6.79 Å². The van der Waals surface area contributed by atoms with E-state index in [1.807, 2.05) is 13.8 Å². The fourth-order valence-electron chi connectivity index (χ4n) is 3.44. The summed E-state index contributed by atoms with van der Waals surface area (Å²) >= 11 is 0. The number of H-pyrrole nitrogens is 1. The van der Waals surface area contributed by atoms with Crippen molar-refractivity contribution in [2.24, 2.45) is 5.41 Å². The van der Waals surface area contributed by atoms with Gasteiger partial charge in [0.1, 0.15) is 0 Å². The predicted octanol–water partition coefficient (Wildman–Crippen LogP) is 4.46. The first-order chi connectivity index (χ1) is 16.6. The van der Waals surface area contributed by atoms with E-state index in [2.05, 4.69) is 25.8 Å². The maximum Gasteiger partial charge on any atom is 0.510 e. The second-order valence-corrected chi connectivity index (χ2v) is 12.5. The minimum absolute atomic E-state index is 0.104. The normalized spacial score (nSPS) is 14.2. The van der Waals surface area contributed by atoms with Gasteiger partial charge in [-0.3, -0.25) is 23.4 Å². The molecule has 0 bridgehead atoms. The number of aromatic nitrogens is 2. The predicted molar refractivity (Wildman–Crippen MR) is 136 cm³/mol. The van der Waals surface area contributed by atoms with Crippen LogP contribution in [0.15, 0.2) is 34.0 Å². The second kappa shape index (κ2) is 14.5. The molecule has 1 aromatic heterocycles. The number of hydrogen-bond donors (Lipinski definition) is 1. The highest BCUT2D eigenvalue weighted by Crippen LogP contribution is 2.48. The van der Waals surface area contributed by atoms with E-state index in [0.717, 1.165) is 6.42 Å². The summed E-state index contributed by atoms with van der Waals surface area (Å²) in [5.41, 5.74) is -1.25. The minimum atomic E-state index is -3.69. The molecule has 1 rings (SSSR count). The number of allylic oxidation sites excluding steroid dienone is 2. The van der Waals surface area contributed by atoms with E-state index in [0.29, 0.717) is 13.0 Å². The number of carbonyl (C=O) groups excluding carboxylic acids is 1. The summed E-state index contributed by atoms with van der Waals surface area (Å²) in [5, 5.41) is 0. The third kappa shape index (κ3) is 14.4. The van der Waals surface area contributed by atoms with E-state index >= 15 is 0 Å². The molecule has 1 heterocycles. The fourth-order valence-corrected chi connectivity index (χ4v) is 4.76. The van der Waals surface area contributed by atoms with Gasteiger partial charge in [0, 0.05) is 25.4 Å². The molecule has 0 aromatic carbocycles. The Kier molecular flexibility index (Phi) is 12.8. The van der Waals surface area contributed by atoms with Gasteiger partial charge in [-0.1, -0.05) is 32.9 Å². The molecule has 1 aromatic rings. The summed E-state index contributed by atoms with van der Waals surface area (Å²) in [5.74, 6) is 0. The molecule has 1 atom stereocenters. The van der Waals surface area contributed by atoms with Crippen LogP contribution in [-0.2, 0) is 34.4 Å². The Bertz CT molecular complexity index is 1010. The summed E-state index contributed by atoms with van der Waals surface area (Å²) in [7, 11) is -3.69. The first-order valence-corrected chi connectivity index (χ1v) is 13.6. The fraction of sp³-hybridized carbons (Fsp3) is 0.708. The zero-order valence-electron chi connectivity index (χ0n) is 22.4. The largest absolute Gasteiger partial charge is 0.510 e. The lowest BCUT2D eigenvalue weighted by Crippen LogP contribution is -2.30. The molecule has 0 aliphatic carbocycles. The van der Waals surface area contributed by atoms with Crippen LogP contribution in [0.5, 0.6) is 0 Å². The average molecular weight is 533 g/mol. The second-order valence-electron chi connectivity index (χ2n) is 10.4. The molecule has 0 fully saturated rings. The summed E-state index contributed by atoms with van der Waals surface area (Å²) in [6.07, 6.45) is 4.39. The molecule has 0 saturated heterocycles. The molecular formula is C24H41N2O9P. The zero-order chi connectivity index (χ0) is 27.4. The summed E-state index contributed by atoms with van der Waals surface area (Å²) in [6, 6.07) is 1.23. The van der Waals surface area contributed by atoms with Crippen LogP contribution in [0.25, 0.3) is 0 Å². The van der Waals surface area contributed by atoms with Crippen molar-refractivity contribution in [1.29, 1.82) is 0 Å². The molecule has 0 spiro atoms. The quantitative estimate of drug-likeness (QED) is 0.114. The van der Waals surface area contributed by atoms with Crippen LogP contribution in [0.4, 0.5) is 4.79 Å². The van der Waals surface area contributed by atoms with Gasteiger partial charge >= 0.3 is 19.4 Å². The van der Waals surface area contributed by atoms with Gasteiger partial charge in [0.15, 0.2) is 0 Å². The Morgan fingerprint density at radius 3 is 2.42 bits per heavy atom. The molecule has 36 heavy (non-hydrogen) atoms. The lowest BCUT2D eigenvalue weighted by atomic mass is 9.84. The Hall–Kier alpha value is -2.20. The standard InChI is InChI=1S/C24H41N2O9P/c1-19(2)35-22(29)31-18-34-36(30,16-9-8-12-26-13-11-20(27)25-21(26)28)33-15-10-14-32-24(6,7)17-23(3,4)5/h8-9,11,13,19H,10,12,14-18H2,1-7H3,(H,25,27,28)/b9-8+. The highest BCUT2D eigenvalue weighted by Gasteiger charge is 2.27. The van der Waals surface area contributed by atoms with Gasteiger partial charge in [-0.2, -0.15) is 0 Å². The highest BCUT2D eigenvalue weighted by molar-refractivity contribution is 7.54. The van der Waals surface area contributed by atoms with E-state index in [1.165, 1.54) is 22.9 Å². The molecule has 1 N–H and O–H groups in total. The SMILES string of the molecule is CC(C)OC(=O)OCOP(=O)(C/C=C/Cn1ccc(=O)[nH]c1=O)OCCCOC(C)(C)CC(C)(C)C. The molecule has 0 aliphatic heterocycles. The van der Waals surface area contributed by atoms with Crippen LogP contribution in [-0.4, -0.2) is 53.6 Å². The maximum atomic E-state index is 13.2. The van der Waals surface area contributed by atoms with Gasteiger partial charge in [-0.05, 0) is 46.0 Å². The van der Waals surface area contributed by atoms with Crippen molar-refractivity contribution < 1.29 is 32.6 Å². The number of hydrogen-bond acceptors (Lipinski definition) is 9. The minimum Gasteiger partial charge on any atom is -0.432 e. The van der Waals surface area contributed by atoms with E-state index in [9.17, 15) is 18.9 Å². The topological polar surface area (TPSA) is 135 Å². The van der Waals surface area contributed by atoms with Crippen LogP contribution in [0.2, 0.25) is 0 Å². The van der Waals surface area contributed by atoms with Gasteiger partial charge in [0.05, 0.1) is 24.5 Å². The molecule has 0 amide bonds. The lowest BCUT2D eigenvalue weighted by Gasteiger charge is -2.32. The summed E-state index contributed by atoms with van der Waals surface area (Å²) < 4.78 is 40.9. The molecule has 11 nitrogen and oxygen atoms in total. The molecule has 0 aliphatic rings. The molecule has 12 heteroatoms. The number of nitrogens with one attached hydrogen (secondary N) is 1. The number of rotatable bonds is 15. The molecule has 0 radical (unpaired) electrons. The van der Waals surface area contributed by atoms with Crippen LogP contribution < -0.4 is 11.2 Å². The van der Waals surface area contributed by atoms with E-state index in [-0.39, 0.29) is 36.4 Å². The van der Waals surface area contributed by atoms with Crippen LogP contribution >= 0.6 is 7.60 Å². The first kappa shape index (κ1) is 31.8. The zero-order valence-corrected chi connectivity index (χ0v) is 23.3. The maximum absolute atomic E-state index is 13.2. The highest BCUT2D eigenvalue weighted by atomic mass is 31.2. The third-order valence-electron chi connectivity index (χ3n) is 4.48. The average Bonchev–Trinajstić information content (AvgIpc) is 2.70. The van der Waals surface area contributed by atoms with Crippen molar-refractivity contribution in [3.8, 4) is 0 Å². The van der Waals surface area contributed by atoms with Gasteiger partial charge in [-0.25, -0.2) is 9.59 Å². The van der Waals surface area contributed by atoms with Gasteiger partial charge in [0.25, 0.3) is 5.56 Å². The van der Waals surface area contributed by atoms with E-state index in [1.54, 1.807) is 19.9 Å². The summed E-state index contributed by atoms with van der Waals surface area (Å²) in [4.78, 5) is 36.6. The molecule has 0 saturated carbocycles. The monoisotopic (exact) mass is 532 g/mol. The van der Waals surface area contributed by atoms with Crippen molar-refractivity contribution >= 4 is 13.8 Å². The van der Waals surface area contributed by atoms with Gasteiger partial charge in [-0.15, -0.1) is 0 Å². The van der Waals surface area contributed by atoms with Crippen molar-refractivity contribution in [1.82, 2.24) is 9.55 Å². The van der Waals surface area contributed by atoms with Crippen LogP contribution in [0.3, 0.4) is 0 Å². The summed E-state index contributed by atoms with van der Waals surface area (Å²) in [6.45, 7) is 13.9. The Balaban J connectivity index is 2.66. The van der Waals surface area contributed by atoms with Crippen molar-refractivity contribution in [3.63, 3.8) is 0 Å². The number of aromatic amines is 1. The number of carbonyl (C=O) groups is 1. The Morgan fingerprint density at radius 1 is 1.11 bits per heavy atom. The molecule has 1 unspecified atom stereocenters. The molecule has 206 valence electrons. The van der Waals surface area contributed by atoms with E-state index < -0.39 is 31.8 Å². The van der Waals surface area contributed by atoms with Gasteiger partial charge < -0.3 is 18.7 Å². The van der Waals surface area contributed by atoms with Crippen molar-refractivity contribution in [2.45, 2.75) is 79.6 Å². The Morgan fingerprint density at radius 2 is 1.81 bits per heavy atom. The molecular weight excluding hydrogens is 491 g/mol. The Labute approximate surface area is 212 Å². The number of nitrogens with zero attached hydrogens (tertiary/aromatic N) is 1. The third-order valence-corrected chi connectivity index (χ3v) is 6.21. The van der Waals surface area contributed by atoms with Crippen LogP contribution in [0.1, 0.15) is 61.3 Å². The smallest absolute Gasteiger partial charge is 0.432 e. The van der Waals surface area contributed by atoms with Crippen molar-refractivity contribution in [3.05, 3.63) is 45.3 Å². The van der Waals surface area contributed by atoms with Crippen LogP contribution in [0, 0.1) is 5.41 Å². The van der Waals surface area contributed by atoms with E-state index in [4.69, 9.17) is 23.3 Å². The lowest BCUT2D eigenvalue weighted by molar-refractivity contribution is -0.0471. The number of ether oxygens (including phenoxy) is 3.